The van der Waals surface area contributed by atoms with Gasteiger partial charge in [0.05, 0.1) is 11.9 Å². The molecule has 3 rings (SSSR count). The summed E-state index contributed by atoms with van der Waals surface area (Å²) in [5, 5.41) is 8.03. The van der Waals surface area contributed by atoms with E-state index in [2.05, 4.69) is 10.4 Å². The van der Waals surface area contributed by atoms with Crippen LogP contribution in [0.5, 0.6) is 0 Å². The van der Waals surface area contributed by atoms with E-state index in [1.807, 2.05) is 54.1 Å². The fourth-order valence-electron chi connectivity index (χ4n) is 3.55. The number of benzene rings is 1. The molecule has 1 aliphatic heterocycles. The van der Waals surface area contributed by atoms with E-state index in [1.165, 1.54) is 0 Å². The van der Waals surface area contributed by atoms with E-state index in [1.54, 1.807) is 10.9 Å². The number of likely N-dealkylation sites (tertiary alicyclic amines) is 1. The van der Waals surface area contributed by atoms with Crippen molar-refractivity contribution in [1.82, 2.24) is 24.9 Å². The Hall–Kier alpha value is -2.54. The number of aromatic nitrogens is 2. The van der Waals surface area contributed by atoms with Gasteiger partial charge in [-0.15, -0.1) is 0 Å². The summed E-state index contributed by atoms with van der Waals surface area (Å²) in [5.74, 6) is -0.0127. The lowest BCUT2D eigenvalue weighted by atomic mass is 9.96. The minimum absolute atomic E-state index is 0.0409. The molecule has 1 N–H and O–H groups in total. The van der Waals surface area contributed by atoms with Crippen LogP contribution in [0.4, 0.5) is 4.79 Å². The van der Waals surface area contributed by atoms with Gasteiger partial charge >= 0.3 is 6.03 Å². The van der Waals surface area contributed by atoms with E-state index in [0.29, 0.717) is 50.6 Å². The van der Waals surface area contributed by atoms with Crippen LogP contribution in [0.3, 0.4) is 0 Å². The molecule has 0 spiro atoms. The fraction of sp³-hybridized carbons (Fsp3) is 0.476. The number of hydrogen-bond acceptors (Lipinski definition) is 3. The number of carbonyl (C=O) groups is 2. The smallest absolute Gasteiger partial charge is 0.319 e. The summed E-state index contributed by atoms with van der Waals surface area (Å²) in [6, 6.07) is 7.49. The van der Waals surface area contributed by atoms with Crippen molar-refractivity contribution in [3.05, 3.63) is 47.2 Å². The normalized spacial score (nSPS) is 14.7. The molecule has 0 atom stereocenters. The van der Waals surface area contributed by atoms with Crippen molar-refractivity contribution in [2.45, 2.75) is 33.2 Å². The lowest BCUT2D eigenvalue weighted by Crippen LogP contribution is -2.48. The van der Waals surface area contributed by atoms with Crippen molar-refractivity contribution < 1.29 is 9.59 Å². The predicted molar refractivity (Wildman–Crippen MR) is 113 cm³/mol. The van der Waals surface area contributed by atoms with E-state index < -0.39 is 0 Å². The molecule has 0 unspecified atom stereocenters. The van der Waals surface area contributed by atoms with Crippen molar-refractivity contribution in [2.75, 3.05) is 26.2 Å². The van der Waals surface area contributed by atoms with Crippen molar-refractivity contribution in [3.63, 3.8) is 0 Å². The molecule has 2 heterocycles. The third-order valence-electron chi connectivity index (χ3n) is 5.36. The Bertz CT molecular complexity index is 824. The van der Waals surface area contributed by atoms with Crippen molar-refractivity contribution in [1.29, 1.82) is 0 Å². The topological polar surface area (TPSA) is 70.5 Å². The zero-order valence-electron chi connectivity index (χ0n) is 17.0. The number of halogens is 1. The van der Waals surface area contributed by atoms with Crippen LogP contribution >= 0.6 is 11.6 Å². The molecular formula is C21H28ClN5O2. The molecule has 7 nitrogen and oxygen atoms in total. The molecule has 1 aromatic heterocycles. The van der Waals surface area contributed by atoms with Crippen LogP contribution in [0, 0.1) is 5.92 Å². The second-order valence-electron chi connectivity index (χ2n) is 7.20. The quantitative estimate of drug-likeness (QED) is 0.783. The number of urea groups is 1. The van der Waals surface area contributed by atoms with E-state index in [4.69, 9.17) is 11.6 Å². The zero-order valence-corrected chi connectivity index (χ0v) is 17.7. The first-order valence-electron chi connectivity index (χ1n) is 10.1. The van der Waals surface area contributed by atoms with Gasteiger partial charge < -0.3 is 15.1 Å². The summed E-state index contributed by atoms with van der Waals surface area (Å²) < 4.78 is 1.76. The molecule has 1 aliphatic rings. The monoisotopic (exact) mass is 417 g/mol. The number of amides is 3. The Balaban J connectivity index is 1.47. The number of piperidine rings is 1. The van der Waals surface area contributed by atoms with Crippen LogP contribution < -0.4 is 5.32 Å². The van der Waals surface area contributed by atoms with Gasteiger partial charge in [-0.1, -0.05) is 11.6 Å². The minimum atomic E-state index is -0.0536. The molecule has 0 radical (unpaired) electrons. The van der Waals surface area contributed by atoms with Crippen LogP contribution in [0.1, 0.15) is 32.3 Å². The highest BCUT2D eigenvalue weighted by atomic mass is 35.5. The molecule has 156 valence electrons. The van der Waals surface area contributed by atoms with Gasteiger partial charge in [-0.05, 0) is 51.0 Å². The van der Waals surface area contributed by atoms with Crippen LogP contribution in [-0.2, 0) is 11.3 Å². The number of nitrogens with one attached hydrogen (secondary N) is 1. The first kappa shape index (κ1) is 21.2. The van der Waals surface area contributed by atoms with Crippen molar-refractivity contribution >= 4 is 23.5 Å². The Kier molecular flexibility index (Phi) is 7.14. The van der Waals surface area contributed by atoms with Crippen molar-refractivity contribution in [2.24, 2.45) is 5.92 Å². The summed E-state index contributed by atoms with van der Waals surface area (Å²) in [4.78, 5) is 28.6. The highest BCUT2D eigenvalue weighted by Gasteiger charge is 2.28. The maximum atomic E-state index is 12.5. The van der Waals surface area contributed by atoms with Crippen molar-refractivity contribution in [3.8, 4) is 5.69 Å². The molecule has 0 aliphatic carbocycles. The number of rotatable bonds is 6. The highest BCUT2D eigenvalue weighted by Crippen LogP contribution is 2.19. The maximum Gasteiger partial charge on any atom is 0.319 e. The van der Waals surface area contributed by atoms with E-state index >= 15 is 0 Å². The SMILES string of the molecule is CCN(CC)C(=O)N1CCC(C(=O)NCc2cnn(-c3ccc(Cl)cc3)c2)CC1. The van der Waals surface area contributed by atoms with E-state index in [9.17, 15) is 9.59 Å². The van der Waals surface area contributed by atoms with Crippen LogP contribution in [-0.4, -0.2) is 57.7 Å². The molecular weight excluding hydrogens is 390 g/mol. The molecule has 0 bridgehead atoms. The summed E-state index contributed by atoms with van der Waals surface area (Å²) in [7, 11) is 0. The fourth-order valence-corrected chi connectivity index (χ4v) is 3.67. The van der Waals surface area contributed by atoms with Gasteiger partial charge in [0.1, 0.15) is 0 Å². The van der Waals surface area contributed by atoms with Gasteiger partial charge in [0.15, 0.2) is 0 Å². The van der Waals surface area contributed by atoms with Crippen LogP contribution in [0.2, 0.25) is 5.02 Å². The molecule has 29 heavy (non-hydrogen) atoms. The molecule has 8 heteroatoms. The maximum absolute atomic E-state index is 12.5. The van der Waals surface area contributed by atoms with Gasteiger partial charge in [-0.2, -0.15) is 5.10 Å². The van der Waals surface area contributed by atoms with Gasteiger partial charge in [-0.25, -0.2) is 9.48 Å². The summed E-state index contributed by atoms with van der Waals surface area (Å²) in [6.45, 7) is 7.07. The standard InChI is InChI=1S/C21H28ClN5O2/c1-3-25(4-2)21(29)26-11-9-17(10-12-26)20(28)23-13-16-14-24-27(15-16)19-7-5-18(22)6-8-19/h5-8,14-15,17H,3-4,9-13H2,1-2H3,(H,23,28). The number of nitrogens with zero attached hydrogens (tertiary/aromatic N) is 4. The van der Waals surface area contributed by atoms with Crippen LogP contribution in [0.15, 0.2) is 36.7 Å². The Morgan fingerprint density at radius 3 is 2.45 bits per heavy atom. The number of hydrogen-bond donors (Lipinski definition) is 1. The molecule has 3 amide bonds. The van der Waals surface area contributed by atoms with E-state index in [0.717, 1.165) is 11.3 Å². The lowest BCUT2D eigenvalue weighted by molar-refractivity contribution is -0.126. The zero-order chi connectivity index (χ0) is 20.8. The second-order valence-corrected chi connectivity index (χ2v) is 7.64. The average Bonchev–Trinajstić information content (AvgIpc) is 3.22. The average molecular weight is 418 g/mol. The summed E-state index contributed by atoms with van der Waals surface area (Å²) in [5.41, 5.74) is 1.85. The Labute approximate surface area is 176 Å². The first-order chi connectivity index (χ1) is 14.0. The van der Waals surface area contributed by atoms with Gasteiger partial charge in [0.25, 0.3) is 0 Å². The molecule has 1 fully saturated rings. The summed E-state index contributed by atoms with van der Waals surface area (Å²) in [6.07, 6.45) is 5.04. The molecule has 2 aromatic rings. The van der Waals surface area contributed by atoms with E-state index in [-0.39, 0.29) is 17.9 Å². The molecule has 1 saturated heterocycles. The minimum Gasteiger partial charge on any atom is -0.352 e. The Morgan fingerprint density at radius 1 is 1.17 bits per heavy atom. The first-order valence-corrected chi connectivity index (χ1v) is 10.5. The number of carbonyl (C=O) groups excluding carboxylic acids is 2. The van der Waals surface area contributed by atoms with Crippen LogP contribution in [0.25, 0.3) is 5.69 Å². The third kappa shape index (κ3) is 5.29. The second kappa shape index (κ2) is 9.78. The highest BCUT2D eigenvalue weighted by molar-refractivity contribution is 6.30. The van der Waals surface area contributed by atoms with Gasteiger partial charge in [0.2, 0.25) is 5.91 Å². The van der Waals surface area contributed by atoms with Gasteiger partial charge in [0, 0.05) is 55.4 Å². The molecule has 1 aromatic carbocycles. The molecule has 0 saturated carbocycles. The lowest BCUT2D eigenvalue weighted by Gasteiger charge is -2.34. The Morgan fingerprint density at radius 2 is 1.83 bits per heavy atom. The largest absolute Gasteiger partial charge is 0.352 e. The predicted octanol–water partition coefficient (Wildman–Crippen LogP) is 3.32. The van der Waals surface area contributed by atoms with Gasteiger partial charge in [-0.3, -0.25) is 4.79 Å². The third-order valence-corrected chi connectivity index (χ3v) is 5.62. The summed E-state index contributed by atoms with van der Waals surface area (Å²) >= 11 is 5.92.